The number of carbonyl (C=O) groups is 1. The van der Waals surface area contributed by atoms with E-state index >= 15 is 0 Å². The zero-order valence-corrected chi connectivity index (χ0v) is 16.2. The van der Waals surface area contributed by atoms with Crippen molar-refractivity contribution in [2.24, 2.45) is 5.10 Å². The van der Waals surface area contributed by atoms with Crippen molar-refractivity contribution < 1.29 is 9.42 Å². The third-order valence-electron chi connectivity index (χ3n) is 4.06. The number of fused-ring (bicyclic) bond motifs is 1. The van der Waals surface area contributed by atoms with Gasteiger partial charge in [0.2, 0.25) is 0 Å². The van der Waals surface area contributed by atoms with Crippen LogP contribution >= 0.6 is 23.2 Å². The monoisotopic (exact) mass is 429 g/mol. The van der Waals surface area contributed by atoms with E-state index < -0.39 is 5.91 Å². The van der Waals surface area contributed by atoms with Crippen LogP contribution in [0.2, 0.25) is 10.0 Å². The van der Waals surface area contributed by atoms with Gasteiger partial charge in [0, 0.05) is 5.56 Å². The van der Waals surface area contributed by atoms with Crippen molar-refractivity contribution in [2.45, 2.75) is 6.54 Å². The van der Waals surface area contributed by atoms with Gasteiger partial charge in [0.1, 0.15) is 6.54 Å². The fourth-order valence-electron chi connectivity index (χ4n) is 2.75. The van der Waals surface area contributed by atoms with Gasteiger partial charge in [0.15, 0.2) is 17.3 Å². The lowest BCUT2D eigenvalue weighted by atomic mass is 10.2. The minimum Gasteiger partial charge on any atom is -0.379 e. The van der Waals surface area contributed by atoms with Crippen molar-refractivity contribution in [1.29, 1.82) is 0 Å². The number of hydrogen-bond donors (Lipinski definition) is 2. The Balaban J connectivity index is 1.60. The SMILES string of the molecule is Nc1nonc1-c1nc2ccccc2n1CC(=O)NN=Cc1c(Cl)cccc1Cl. The number of imidazole rings is 1. The van der Waals surface area contributed by atoms with Crippen LogP contribution in [-0.4, -0.2) is 32.0 Å². The normalized spacial score (nSPS) is 11.4. The Morgan fingerprint density at radius 2 is 1.93 bits per heavy atom. The Labute approximate surface area is 174 Å². The molecule has 2 aromatic heterocycles. The maximum atomic E-state index is 12.5. The van der Waals surface area contributed by atoms with Gasteiger partial charge in [-0.2, -0.15) is 5.10 Å². The van der Waals surface area contributed by atoms with E-state index in [2.05, 4.69) is 30.5 Å². The van der Waals surface area contributed by atoms with E-state index in [0.29, 0.717) is 26.9 Å². The topological polar surface area (TPSA) is 124 Å². The van der Waals surface area contributed by atoms with Crippen molar-refractivity contribution in [1.82, 2.24) is 25.3 Å². The first kappa shape index (κ1) is 18.9. The fraction of sp³-hybridized carbons (Fsp3) is 0.0556. The number of anilines is 1. The van der Waals surface area contributed by atoms with Gasteiger partial charge in [-0.15, -0.1) is 0 Å². The number of aromatic nitrogens is 4. The van der Waals surface area contributed by atoms with Crippen LogP contribution in [0.4, 0.5) is 5.82 Å². The molecule has 146 valence electrons. The summed E-state index contributed by atoms with van der Waals surface area (Å²) in [6.07, 6.45) is 1.38. The van der Waals surface area contributed by atoms with Crippen molar-refractivity contribution in [3.8, 4) is 11.5 Å². The molecule has 0 saturated carbocycles. The fourth-order valence-corrected chi connectivity index (χ4v) is 3.24. The molecule has 4 aromatic rings. The molecule has 2 aromatic carbocycles. The standard InChI is InChI=1S/C18H13Cl2N7O2/c19-11-4-3-5-12(20)10(11)8-22-24-15(28)9-27-14-7-2-1-6-13(14)23-18(27)16-17(21)26-29-25-16/h1-8H,9H2,(H2,21,26)(H,24,28). The van der Waals surface area contributed by atoms with Crippen LogP contribution in [0.3, 0.4) is 0 Å². The van der Waals surface area contributed by atoms with Crippen molar-refractivity contribution in [2.75, 3.05) is 5.73 Å². The molecule has 4 rings (SSSR count). The largest absolute Gasteiger partial charge is 0.379 e. The molecule has 0 saturated heterocycles. The van der Waals surface area contributed by atoms with Crippen molar-refractivity contribution in [3.05, 3.63) is 58.1 Å². The van der Waals surface area contributed by atoms with Gasteiger partial charge in [-0.25, -0.2) is 15.0 Å². The lowest BCUT2D eigenvalue weighted by Crippen LogP contribution is -2.23. The number of hydrazone groups is 1. The number of nitrogens with zero attached hydrogens (tertiary/aromatic N) is 5. The average molecular weight is 430 g/mol. The second kappa shape index (κ2) is 7.90. The van der Waals surface area contributed by atoms with Gasteiger partial charge in [0.05, 0.1) is 27.3 Å². The highest BCUT2D eigenvalue weighted by molar-refractivity contribution is 6.38. The van der Waals surface area contributed by atoms with Crippen molar-refractivity contribution in [3.63, 3.8) is 0 Å². The molecule has 3 N–H and O–H groups in total. The van der Waals surface area contributed by atoms with E-state index in [1.54, 1.807) is 22.8 Å². The number of nitrogen functional groups attached to an aromatic ring is 1. The molecule has 0 spiro atoms. The van der Waals surface area contributed by atoms with Crippen LogP contribution in [0.25, 0.3) is 22.6 Å². The predicted octanol–water partition coefficient (Wildman–Crippen LogP) is 3.13. The maximum absolute atomic E-state index is 12.5. The number of para-hydroxylation sites is 2. The summed E-state index contributed by atoms with van der Waals surface area (Å²) in [5.74, 6) is 0.0374. The van der Waals surface area contributed by atoms with E-state index in [-0.39, 0.29) is 18.1 Å². The summed E-state index contributed by atoms with van der Waals surface area (Å²) in [7, 11) is 0. The summed E-state index contributed by atoms with van der Waals surface area (Å²) in [6.45, 7) is -0.0876. The molecule has 0 atom stereocenters. The Hall–Kier alpha value is -3.43. The van der Waals surface area contributed by atoms with E-state index in [1.807, 2.05) is 24.3 Å². The Bertz CT molecular complexity index is 1210. The number of hydrogen-bond acceptors (Lipinski definition) is 7. The van der Waals surface area contributed by atoms with Crippen LogP contribution in [0.1, 0.15) is 5.56 Å². The van der Waals surface area contributed by atoms with Gasteiger partial charge in [-0.1, -0.05) is 41.4 Å². The third kappa shape index (κ3) is 3.78. The summed E-state index contributed by atoms with van der Waals surface area (Å²) in [6, 6.07) is 12.4. The van der Waals surface area contributed by atoms with E-state index in [1.165, 1.54) is 6.21 Å². The van der Waals surface area contributed by atoms with Gasteiger partial charge < -0.3 is 10.3 Å². The average Bonchev–Trinajstić information content (AvgIpc) is 3.27. The summed E-state index contributed by atoms with van der Waals surface area (Å²) in [5, 5.41) is 12.1. The Morgan fingerprint density at radius 1 is 1.17 bits per heavy atom. The summed E-state index contributed by atoms with van der Waals surface area (Å²) < 4.78 is 6.32. The van der Waals surface area contributed by atoms with Crippen LogP contribution in [0, 0.1) is 0 Å². The van der Waals surface area contributed by atoms with E-state index in [0.717, 1.165) is 5.52 Å². The summed E-state index contributed by atoms with van der Waals surface area (Å²) in [5.41, 5.74) is 10.4. The number of nitrogens with two attached hydrogens (primary N) is 1. The maximum Gasteiger partial charge on any atom is 0.260 e. The van der Waals surface area contributed by atoms with E-state index in [4.69, 9.17) is 28.9 Å². The number of halogens is 2. The molecule has 1 amide bonds. The molecular weight excluding hydrogens is 417 g/mol. The minimum absolute atomic E-state index is 0.0772. The lowest BCUT2D eigenvalue weighted by molar-refractivity contribution is -0.121. The molecule has 2 heterocycles. The van der Waals surface area contributed by atoms with Gasteiger partial charge in [0.25, 0.3) is 5.91 Å². The molecule has 0 aliphatic carbocycles. The summed E-state index contributed by atoms with van der Waals surface area (Å²) >= 11 is 12.2. The Morgan fingerprint density at radius 3 is 2.66 bits per heavy atom. The molecular formula is C18H13Cl2N7O2. The molecule has 11 heteroatoms. The minimum atomic E-state index is -0.399. The van der Waals surface area contributed by atoms with E-state index in [9.17, 15) is 4.79 Å². The lowest BCUT2D eigenvalue weighted by Gasteiger charge is -2.07. The number of rotatable bonds is 5. The molecule has 29 heavy (non-hydrogen) atoms. The first-order valence-electron chi connectivity index (χ1n) is 8.34. The Kier molecular flexibility index (Phi) is 5.15. The third-order valence-corrected chi connectivity index (χ3v) is 4.72. The first-order chi connectivity index (χ1) is 14.0. The molecule has 0 bridgehead atoms. The van der Waals surface area contributed by atoms with Crippen molar-refractivity contribution >= 4 is 52.2 Å². The van der Waals surface area contributed by atoms with Crippen LogP contribution in [0.15, 0.2) is 52.2 Å². The number of nitrogens with one attached hydrogen (secondary N) is 1. The highest BCUT2D eigenvalue weighted by Crippen LogP contribution is 2.26. The number of amides is 1. The zero-order valence-electron chi connectivity index (χ0n) is 14.7. The molecule has 0 fully saturated rings. The number of benzene rings is 2. The summed E-state index contributed by atoms with van der Waals surface area (Å²) in [4.78, 5) is 17.0. The molecule has 0 aliphatic heterocycles. The van der Waals surface area contributed by atoms with Gasteiger partial charge in [-0.3, -0.25) is 4.79 Å². The molecule has 0 radical (unpaired) electrons. The highest BCUT2D eigenvalue weighted by atomic mass is 35.5. The van der Waals surface area contributed by atoms with Gasteiger partial charge in [-0.05, 0) is 34.6 Å². The predicted molar refractivity (Wildman–Crippen MR) is 110 cm³/mol. The molecule has 9 nitrogen and oxygen atoms in total. The second-order valence-electron chi connectivity index (χ2n) is 5.94. The zero-order chi connectivity index (χ0) is 20.4. The van der Waals surface area contributed by atoms with Crippen LogP contribution < -0.4 is 11.2 Å². The first-order valence-corrected chi connectivity index (χ1v) is 9.10. The molecule has 0 unspecified atom stereocenters. The highest BCUT2D eigenvalue weighted by Gasteiger charge is 2.20. The second-order valence-corrected chi connectivity index (χ2v) is 6.75. The van der Waals surface area contributed by atoms with Gasteiger partial charge >= 0.3 is 0 Å². The van der Waals surface area contributed by atoms with Crippen LogP contribution in [-0.2, 0) is 11.3 Å². The smallest absolute Gasteiger partial charge is 0.260 e. The quantitative estimate of drug-likeness (QED) is 0.370. The number of carbonyl (C=O) groups excluding carboxylic acids is 1. The van der Waals surface area contributed by atoms with Crippen LogP contribution in [0.5, 0.6) is 0 Å². The molecule has 0 aliphatic rings.